The summed E-state index contributed by atoms with van der Waals surface area (Å²) in [7, 11) is 0. The number of aromatic nitrogens is 4. The number of hydrazine groups is 1. The van der Waals surface area contributed by atoms with Crippen LogP contribution in [0.25, 0.3) is 22.5 Å². The summed E-state index contributed by atoms with van der Waals surface area (Å²) >= 11 is 6.08. The predicted molar refractivity (Wildman–Crippen MR) is 124 cm³/mol. The maximum absolute atomic E-state index is 14.7. The lowest BCUT2D eigenvalue weighted by Crippen LogP contribution is -2.46. The number of hydrogen-bond donors (Lipinski definition) is 3. The molecule has 0 bridgehead atoms. The average Bonchev–Trinajstić information content (AvgIpc) is 3.27. The Balaban J connectivity index is 1.39. The molecule has 4 rings (SSSR count). The van der Waals surface area contributed by atoms with Crippen molar-refractivity contribution in [3.05, 3.63) is 82.5 Å². The highest BCUT2D eigenvalue weighted by Gasteiger charge is 2.19. The molecule has 2 aromatic carbocycles. The zero-order valence-electron chi connectivity index (χ0n) is 18.6. The normalized spacial score (nSPS) is 10.6. The summed E-state index contributed by atoms with van der Waals surface area (Å²) in [5, 5.41) is 6.67. The fourth-order valence-corrected chi connectivity index (χ4v) is 3.36. The lowest BCUT2D eigenvalue weighted by molar-refractivity contribution is 0.0935. The van der Waals surface area contributed by atoms with Gasteiger partial charge in [-0.1, -0.05) is 41.0 Å². The number of amides is 3. The van der Waals surface area contributed by atoms with E-state index in [1.807, 2.05) is 0 Å². The van der Waals surface area contributed by atoms with Crippen LogP contribution in [-0.4, -0.2) is 32.0 Å². The van der Waals surface area contributed by atoms with E-state index in [0.717, 1.165) is 5.56 Å². The van der Waals surface area contributed by atoms with Gasteiger partial charge in [-0.2, -0.15) is 4.98 Å². The molecule has 3 amide bonds. The minimum Gasteiger partial charge on any atom is -0.339 e. The molecule has 2 aromatic heterocycles. The van der Waals surface area contributed by atoms with Crippen molar-refractivity contribution < 1.29 is 18.5 Å². The van der Waals surface area contributed by atoms with E-state index in [0.29, 0.717) is 22.8 Å². The van der Waals surface area contributed by atoms with Gasteiger partial charge in [-0.25, -0.2) is 24.6 Å². The lowest BCUT2D eigenvalue weighted by atomic mass is 9.97. The Morgan fingerprint density at radius 1 is 1.06 bits per heavy atom. The molecular formula is C23H19ClFN7O3. The van der Waals surface area contributed by atoms with Crippen LogP contribution in [0.3, 0.4) is 0 Å². The van der Waals surface area contributed by atoms with E-state index in [2.05, 4.69) is 36.3 Å². The van der Waals surface area contributed by atoms with Crippen molar-refractivity contribution in [1.29, 1.82) is 0 Å². The van der Waals surface area contributed by atoms with Gasteiger partial charge in [0, 0.05) is 30.9 Å². The van der Waals surface area contributed by atoms with E-state index < -0.39 is 17.8 Å². The van der Waals surface area contributed by atoms with Gasteiger partial charge in [0.2, 0.25) is 11.7 Å². The Morgan fingerprint density at radius 3 is 2.43 bits per heavy atom. The van der Waals surface area contributed by atoms with Crippen molar-refractivity contribution >= 4 is 23.5 Å². The van der Waals surface area contributed by atoms with E-state index in [1.165, 1.54) is 18.5 Å². The molecular weight excluding hydrogens is 477 g/mol. The Kier molecular flexibility index (Phi) is 6.97. The van der Waals surface area contributed by atoms with Gasteiger partial charge in [0.05, 0.1) is 11.1 Å². The van der Waals surface area contributed by atoms with E-state index in [4.69, 9.17) is 16.1 Å². The molecule has 0 unspecified atom stereocenters. The summed E-state index contributed by atoms with van der Waals surface area (Å²) in [6, 6.07) is 9.25. The molecule has 4 aromatic rings. The third-order valence-corrected chi connectivity index (χ3v) is 5.08. The number of carbonyl (C=O) groups excluding carboxylic acids is 2. The summed E-state index contributed by atoms with van der Waals surface area (Å²) in [4.78, 5) is 36.0. The Morgan fingerprint density at radius 2 is 1.77 bits per heavy atom. The fraction of sp³-hybridized carbons (Fsp3) is 0.130. The second kappa shape index (κ2) is 10.3. The van der Waals surface area contributed by atoms with E-state index in [9.17, 15) is 14.0 Å². The van der Waals surface area contributed by atoms with Crippen LogP contribution in [0, 0.1) is 19.7 Å². The molecule has 0 fully saturated rings. The molecule has 178 valence electrons. The van der Waals surface area contributed by atoms with Gasteiger partial charge in [0.15, 0.2) is 0 Å². The zero-order valence-corrected chi connectivity index (χ0v) is 19.4. The van der Waals surface area contributed by atoms with Crippen molar-refractivity contribution in [1.82, 2.24) is 36.3 Å². The number of nitrogens with zero attached hydrogens (tertiary/aromatic N) is 4. The zero-order chi connectivity index (χ0) is 24.9. The van der Waals surface area contributed by atoms with Crippen LogP contribution in [0.1, 0.15) is 27.6 Å². The van der Waals surface area contributed by atoms with Gasteiger partial charge in [0.25, 0.3) is 5.91 Å². The van der Waals surface area contributed by atoms with Gasteiger partial charge < -0.3 is 9.84 Å². The van der Waals surface area contributed by atoms with Crippen molar-refractivity contribution in [2.24, 2.45) is 0 Å². The molecule has 0 saturated carbocycles. The second-order valence-corrected chi connectivity index (χ2v) is 7.86. The van der Waals surface area contributed by atoms with Crippen molar-refractivity contribution in [2.45, 2.75) is 20.4 Å². The average molecular weight is 496 g/mol. The number of carbonyl (C=O) groups is 2. The fourth-order valence-electron chi connectivity index (χ4n) is 3.15. The van der Waals surface area contributed by atoms with Gasteiger partial charge in [-0.15, -0.1) is 0 Å². The number of aryl methyl sites for hydroxylation is 2. The monoisotopic (exact) mass is 495 g/mol. The number of urea groups is 1. The first-order valence-electron chi connectivity index (χ1n) is 10.3. The minimum atomic E-state index is -0.609. The molecule has 0 radical (unpaired) electrons. The van der Waals surface area contributed by atoms with Crippen LogP contribution >= 0.6 is 11.6 Å². The number of nitrogens with one attached hydrogen (secondary N) is 3. The molecule has 0 aliphatic heterocycles. The third-order valence-electron chi connectivity index (χ3n) is 4.86. The lowest BCUT2D eigenvalue weighted by Gasteiger charge is -2.11. The Bertz CT molecular complexity index is 1380. The topological polar surface area (TPSA) is 135 Å². The molecule has 0 atom stereocenters. The first-order valence-corrected chi connectivity index (χ1v) is 10.7. The Hall–Kier alpha value is -4.38. The molecule has 10 nitrogen and oxygen atoms in total. The van der Waals surface area contributed by atoms with E-state index in [1.54, 1.807) is 44.2 Å². The molecule has 2 heterocycles. The summed E-state index contributed by atoms with van der Waals surface area (Å²) in [5.41, 5.74) is 6.84. The number of rotatable bonds is 5. The molecule has 0 saturated heterocycles. The van der Waals surface area contributed by atoms with Gasteiger partial charge >= 0.3 is 6.03 Å². The second-order valence-electron chi connectivity index (χ2n) is 7.42. The third kappa shape index (κ3) is 5.76. The summed E-state index contributed by atoms with van der Waals surface area (Å²) in [6.07, 6.45) is 2.71. The highest BCUT2D eigenvalue weighted by Crippen LogP contribution is 2.35. The quantitative estimate of drug-likeness (QED) is 0.359. The molecule has 35 heavy (non-hydrogen) atoms. The first-order chi connectivity index (χ1) is 16.8. The summed E-state index contributed by atoms with van der Waals surface area (Å²) in [6.45, 7) is 3.49. The predicted octanol–water partition coefficient (Wildman–Crippen LogP) is 3.75. The number of halogens is 2. The number of hydrogen-bond acceptors (Lipinski definition) is 7. The van der Waals surface area contributed by atoms with Gasteiger partial charge in [-0.05, 0) is 35.7 Å². The highest BCUT2D eigenvalue weighted by molar-refractivity contribution is 6.31. The summed E-state index contributed by atoms with van der Waals surface area (Å²) < 4.78 is 19.7. The highest BCUT2D eigenvalue weighted by atomic mass is 35.5. The van der Waals surface area contributed by atoms with Crippen molar-refractivity contribution in [3.63, 3.8) is 0 Å². The summed E-state index contributed by atoms with van der Waals surface area (Å²) in [5.74, 6) is -0.169. The molecule has 0 aliphatic carbocycles. The largest absolute Gasteiger partial charge is 0.339 e. The molecule has 12 heteroatoms. The van der Waals surface area contributed by atoms with Crippen LogP contribution in [0.15, 0.2) is 53.3 Å². The molecule has 3 N–H and O–H groups in total. The number of benzene rings is 2. The maximum Gasteiger partial charge on any atom is 0.333 e. The van der Waals surface area contributed by atoms with E-state index in [-0.39, 0.29) is 28.5 Å². The molecule has 0 spiro atoms. The van der Waals surface area contributed by atoms with Gasteiger partial charge in [-0.3, -0.25) is 10.2 Å². The van der Waals surface area contributed by atoms with Crippen molar-refractivity contribution in [3.8, 4) is 22.5 Å². The van der Waals surface area contributed by atoms with E-state index >= 15 is 0 Å². The standard InChI is InChI=1S/C23H19ClFN7O3/c1-12-26-10-16(11-27-12)22(33)30-31-23(34)28-9-14-3-5-15(6-4-14)18-7-17(24)8-19(25)20(18)21-29-13(2)35-32-21/h3-8,10-11H,9H2,1-2H3,(H,30,33)(H2,28,31,34). The SMILES string of the molecule is Cc1ncc(C(=O)NNC(=O)NCc2ccc(-c3cc(Cl)cc(F)c3-c3noc(C)n3)cc2)cn1. The van der Waals surface area contributed by atoms with Crippen LogP contribution in [0.5, 0.6) is 0 Å². The van der Waals surface area contributed by atoms with Crippen LogP contribution in [0.2, 0.25) is 5.02 Å². The Labute approximate surface area is 203 Å². The first kappa shape index (κ1) is 23.8. The maximum atomic E-state index is 14.7. The van der Waals surface area contributed by atoms with Gasteiger partial charge in [0.1, 0.15) is 11.6 Å². The minimum absolute atomic E-state index is 0.119. The van der Waals surface area contributed by atoms with Crippen molar-refractivity contribution in [2.75, 3.05) is 0 Å². The van der Waals surface area contributed by atoms with Crippen LogP contribution < -0.4 is 16.2 Å². The van der Waals surface area contributed by atoms with Crippen LogP contribution in [0.4, 0.5) is 9.18 Å². The van der Waals surface area contributed by atoms with Crippen LogP contribution in [-0.2, 0) is 6.54 Å². The smallest absolute Gasteiger partial charge is 0.333 e. The molecule has 0 aliphatic rings.